The lowest BCUT2D eigenvalue weighted by Gasteiger charge is -2.14. The number of aliphatic hydroxyl groups excluding tert-OH is 1. The molecule has 1 aromatic carbocycles. The highest BCUT2D eigenvalue weighted by atomic mass is 16.4. The zero-order valence-corrected chi connectivity index (χ0v) is 12.0. The molecule has 7 heteroatoms. The van der Waals surface area contributed by atoms with Crippen LogP contribution in [0.3, 0.4) is 0 Å². The van der Waals surface area contributed by atoms with Gasteiger partial charge in [0.05, 0.1) is 6.10 Å². The number of benzene rings is 1. The third-order valence-electron chi connectivity index (χ3n) is 3.03. The summed E-state index contributed by atoms with van der Waals surface area (Å²) in [4.78, 5) is 21.3. The molecule has 0 spiro atoms. The van der Waals surface area contributed by atoms with Crippen LogP contribution < -0.4 is 5.73 Å². The van der Waals surface area contributed by atoms with Crippen molar-refractivity contribution in [3.8, 4) is 0 Å². The zero-order valence-electron chi connectivity index (χ0n) is 12.0. The molecule has 22 heavy (non-hydrogen) atoms. The molecule has 0 amide bonds. The van der Waals surface area contributed by atoms with Crippen LogP contribution in [-0.2, 0) is 16.1 Å². The number of hydrogen-bond donors (Lipinski definition) is 4. The molecule has 2 rings (SSSR count). The molecule has 2 atom stereocenters. The van der Waals surface area contributed by atoms with Crippen LogP contribution in [0.5, 0.6) is 0 Å². The Labute approximate surface area is 128 Å². The molecule has 1 aromatic rings. The van der Waals surface area contributed by atoms with E-state index in [9.17, 15) is 14.7 Å². The molecule has 1 heterocycles. The number of carbonyl (C=O) groups is 2. The second kappa shape index (κ2) is 8.93. The molecule has 1 aliphatic rings. The second-order valence-electron chi connectivity index (χ2n) is 4.92. The number of carboxylic acids is 2. The van der Waals surface area contributed by atoms with Crippen molar-refractivity contribution in [2.45, 2.75) is 18.7 Å². The number of nitrogens with zero attached hydrogens (tertiary/aromatic N) is 1. The lowest BCUT2D eigenvalue weighted by atomic mass is 10.2. The number of hydrogen-bond acceptors (Lipinski definition) is 5. The fraction of sp³-hybridized carbons (Fsp3) is 0.333. The summed E-state index contributed by atoms with van der Waals surface area (Å²) in [6.07, 6.45) is 0.753. The van der Waals surface area contributed by atoms with Gasteiger partial charge in [-0.15, -0.1) is 0 Å². The van der Waals surface area contributed by atoms with Gasteiger partial charge in [0, 0.05) is 37.8 Å². The van der Waals surface area contributed by atoms with Crippen LogP contribution in [0.2, 0.25) is 0 Å². The van der Waals surface area contributed by atoms with Crippen molar-refractivity contribution in [1.82, 2.24) is 4.90 Å². The Bertz CT molecular complexity index is 492. The van der Waals surface area contributed by atoms with E-state index in [1.165, 1.54) is 5.56 Å². The van der Waals surface area contributed by atoms with Gasteiger partial charge in [0.2, 0.25) is 0 Å². The maximum atomic E-state index is 9.55. The van der Waals surface area contributed by atoms with Crippen molar-refractivity contribution in [3.05, 3.63) is 48.0 Å². The first-order valence-corrected chi connectivity index (χ1v) is 6.72. The molecule has 0 radical (unpaired) electrons. The monoisotopic (exact) mass is 308 g/mol. The second-order valence-corrected chi connectivity index (χ2v) is 4.92. The molecular weight excluding hydrogens is 288 g/mol. The van der Waals surface area contributed by atoms with Crippen LogP contribution in [0.15, 0.2) is 42.5 Å². The fourth-order valence-corrected chi connectivity index (χ4v) is 2.01. The van der Waals surface area contributed by atoms with E-state index in [4.69, 9.17) is 15.9 Å². The number of β-amino-alcohol motifs (C(OH)–C–C–N with tert-alkyl or cyclic N) is 1. The Hall–Kier alpha value is -2.22. The standard InChI is InChI=1S/C11H16N2O.C4H4O4/c12-10-7-13(8-11(10)14)6-9-4-2-1-3-5-9;5-3(6)1-2-4(7)8/h1-5,10-11,14H,6-8,12H2;1-2H,(H,5,6)(H,7,8)/t10-,11-;/m1./s1. The Morgan fingerprint density at radius 3 is 2.09 bits per heavy atom. The van der Waals surface area contributed by atoms with E-state index < -0.39 is 11.9 Å². The van der Waals surface area contributed by atoms with Gasteiger partial charge in [-0.05, 0) is 5.56 Å². The maximum absolute atomic E-state index is 9.55. The lowest BCUT2D eigenvalue weighted by molar-refractivity contribution is -0.134. The molecule has 7 nitrogen and oxygen atoms in total. The number of likely N-dealkylation sites (tertiary alicyclic amines) is 1. The summed E-state index contributed by atoms with van der Waals surface area (Å²) >= 11 is 0. The van der Waals surface area contributed by atoms with Gasteiger partial charge in [0.1, 0.15) is 0 Å². The minimum atomic E-state index is -1.26. The summed E-state index contributed by atoms with van der Waals surface area (Å²) in [6, 6.07) is 10.2. The van der Waals surface area contributed by atoms with Gasteiger partial charge in [-0.25, -0.2) is 9.59 Å². The van der Waals surface area contributed by atoms with Crippen molar-refractivity contribution >= 4 is 11.9 Å². The Morgan fingerprint density at radius 2 is 1.68 bits per heavy atom. The minimum absolute atomic E-state index is 0.0845. The van der Waals surface area contributed by atoms with Gasteiger partial charge in [-0.2, -0.15) is 0 Å². The van der Waals surface area contributed by atoms with E-state index in [1.807, 2.05) is 18.2 Å². The Morgan fingerprint density at radius 1 is 1.14 bits per heavy atom. The summed E-state index contributed by atoms with van der Waals surface area (Å²) in [6.45, 7) is 2.36. The van der Waals surface area contributed by atoms with Gasteiger partial charge in [0.15, 0.2) is 0 Å². The Kier molecular flexibility index (Phi) is 7.24. The molecule has 0 aromatic heterocycles. The highest BCUT2D eigenvalue weighted by Crippen LogP contribution is 2.12. The van der Waals surface area contributed by atoms with Crippen molar-refractivity contribution < 1.29 is 24.9 Å². The highest BCUT2D eigenvalue weighted by molar-refractivity contribution is 5.89. The van der Waals surface area contributed by atoms with Gasteiger partial charge < -0.3 is 21.1 Å². The van der Waals surface area contributed by atoms with Crippen molar-refractivity contribution in [2.24, 2.45) is 5.73 Å². The third kappa shape index (κ3) is 6.98. The summed E-state index contributed by atoms with van der Waals surface area (Å²) in [5.74, 6) is -2.51. The molecule has 0 bridgehead atoms. The smallest absolute Gasteiger partial charge is 0.328 e. The van der Waals surface area contributed by atoms with Gasteiger partial charge in [-0.1, -0.05) is 30.3 Å². The van der Waals surface area contributed by atoms with E-state index in [1.54, 1.807) is 0 Å². The van der Waals surface area contributed by atoms with E-state index >= 15 is 0 Å². The number of rotatable bonds is 4. The number of aliphatic carboxylic acids is 2. The molecule has 120 valence electrons. The number of aliphatic hydroxyl groups is 1. The average Bonchev–Trinajstić information content (AvgIpc) is 2.77. The van der Waals surface area contributed by atoms with Gasteiger partial charge >= 0.3 is 11.9 Å². The SMILES string of the molecule is N[C@@H]1CN(Cc2ccccc2)C[C@H]1O.O=C(O)C=CC(=O)O. The summed E-state index contributed by atoms with van der Waals surface area (Å²) in [5, 5.41) is 25.1. The first kappa shape index (κ1) is 17.8. The van der Waals surface area contributed by atoms with Crippen LogP contribution in [0.4, 0.5) is 0 Å². The minimum Gasteiger partial charge on any atom is -0.478 e. The molecular formula is C15H20N2O5. The van der Waals surface area contributed by atoms with Crippen LogP contribution >= 0.6 is 0 Å². The van der Waals surface area contributed by atoms with Gasteiger partial charge in [-0.3, -0.25) is 4.90 Å². The van der Waals surface area contributed by atoms with Gasteiger partial charge in [0.25, 0.3) is 0 Å². The van der Waals surface area contributed by atoms with Crippen molar-refractivity contribution in [1.29, 1.82) is 0 Å². The first-order valence-electron chi connectivity index (χ1n) is 6.72. The van der Waals surface area contributed by atoms with E-state index in [-0.39, 0.29) is 12.1 Å². The van der Waals surface area contributed by atoms with E-state index in [2.05, 4.69) is 17.0 Å². The third-order valence-corrected chi connectivity index (χ3v) is 3.03. The summed E-state index contributed by atoms with van der Waals surface area (Å²) in [7, 11) is 0. The molecule has 1 aliphatic heterocycles. The van der Waals surface area contributed by atoms with E-state index in [0.717, 1.165) is 13.1 Å². The van der Waals surface area contributed by atoms with Crippen LogP contribution in [-0.4, -0.2) is 57.4 Å². The summed E-state index contributed by atoms with van der Waals surface area (Å²) in [5.41, 5.74) is 7.00. The molecule has 0 saturated carbocycles. The molecule has 1 saturated heterocycles. The molecule has 0 aliphatic carbocycles. The predicted molar refractivity (Wildman–Crippen MR) is 80.1 cm³/mol. The number of carboxylic acid groups (broad SMARTS) is 2. The number of nitrogens with two attached hydrogens (primary N) is 1. The Balaban J connectivity index is 0.000000261. The zero-order chi connectivity index (χ0) is 16.5. The predicted octanol–water partition coefficient (Wildman–Crippen LogP) is -0.0978. The topological polar surface area (TPSA) is 124 Å². The highest BCUT2D eigenvalue weighted by Gasteiger charge is 2.27. The lowest BCUT2D eigenvalue weighted by Crippen LogP contribution is -2.32. The van der Waals surface area contributed by atoms with Crippen LogP contribution in [0, 0.1) is 0 Å². The van der Waals surface area contributed by atoms with Crippen LogP contribution in [0.25, 0.3) is 0 Å². The molecule has 1 fully saturated rings. The fourth-order valence-electron chi connectivity index (χ4n) is 2.01. The molecule has 5 N–H and O–H groups in total. The quantitative estimate of drug-likeness (QED) is 0.573. The van der Waals surface area contributed by atoms with Crippen molar-refractivity contribution in [3.63, 3.8) is 0 Å². The normalized spacial score (nSPS) is 21.4. The average molecular weight is 308 g/mol. The van der Waals surface area contributed by atoms with E-state index in [0.29, 0.717) is 18.7 Å². The van der Waals surface area contributed by atoms with Crippen LogP contribution in [0.1, 0.15) is 5.56 Å². The first-order chi connectivity index (χ1) is 10.4. The summed E-state index contributed by atoms with van der Waals surface area (Å²) < 4.78 is 0. The molecule has 0 unspecified atom stereocenters. The largest absolute Gasteiger partial charge is 0.478 e. The maximum Gasteiger partial charge on any atom is 0.328 e. The van der Waals surface area contributed by atoms with Crippen molar-refractivity contribution in [2.75, 3.05) is 13.1 Å².